The zero-order chi connectivity index (χ0) is 13.0. The Hall–Kier alpha value is -1.36. The molecule has 0 spiro atoms. The number of hydrogen-bond donors (Lipinski definition) is 2. The molecule has 0 saturated carbocycles. The Kier molecular flexibility index (Phi) is 4.36. The van der Waals surface area contributed by atoms with Gasteiger partial charge in [0, 0.05) is 20.1 Å². The van der Waals surface area contributed by atoms with Gasteiger partial charge in [0.05, 0.1) is 11.9 Å². The smallest absolute Gasteiger partial charge is 0.170 e. The lowest BCUT2D eigenvalue weighted by atomic mass is 10.0. The second-order valence-corrected chi connectivity index (χ2v) is 5.21. The molecule has 2 heterocycles. The molecule has 98 valence electrons. The van der Waals surface area contributed by atoms with E-state index in [1.807, 2.05) is 12.3 Å². The van der Waals surface area contributed by atoms with E-state index in [1.165, 1.54) is 12.8 Å². The SMILES string of the molecule is CNC(=S)Nc1ccc(N2CCC[C@H](C)C2)nc1. The average molecular weight is 264 g/mol. The van der Waals surface area contributed by atoms with Crippen molar-refractivity contribution in [3.05, 3.63) is 18.3 Å². The Bertz CT molecular complexity index is 404. The van der Waals surface area contributed by atoms with E-state index in [0.717, 1.165) is 30.5 Å². The molecule has 1 aromatic rings. The van der Waals surface area contributed by atoms with E-state index in [9.17, 15) is 0 Å². The fraction of sp³-hybridized carbons (Fsp3) is 0.538. The van der Waals surface area contributed by atoms with Crippen LogP contribution in [0.1, 0.15) is 19.8 Å². The van der Waals surface area contributed by atoms with E-state index in [4.69, 9.17) is 12.2 Å². The Morgan fingerprint density at radius 2 is 2.33 bits per heavy atom. The molecule has 1 atom stereocenters. The van der Waals surface area contributed by atoms with Crippen LogP contribution in [0.15, 0.2) is 18.3 Å². The first-order valence-electron chi connectivity index (χ1n) is 6.39. The summed E-state index contributed by atoms with van der Waals surface area (Å²) < 4.78 is 0. The molecule has 2 rings (SSSR count). The predicted octanol–water partition coefficient (Wildman–Crippen LogP) is 2.23. The first-order chi connectivity index (χ1) is 8.69. The molecule has 0 unspecified atom stereocenters. The van der Waals surface area contributed by atoms with Crippen LogP contribution in [0.4, 0.5) is 11.5 Å². The number of pyridine rings is 1. The van der Waals surface area contributed by atoms with Gasteiger partial charge in [0.15, 0.2) is 5.11 Å². The van der Waals surface area contributed by atoms with Crippen molar-refractivity contribution in [1.29, 1.82) is 0 Å². The van der Waals surface area contributed by atoms with Gasteiger partial charge in [-0.15, -0.1) is 0 Å². The van der Waals surface area contributed by atoms with Crippen molar-refractivity contribution in [1.82, 2.24) is 10.3 Å². The molecule has 0 aromatic carbocycles. The molecular weight excluding hydrogens is 244 g/mol. The maximum Gasteiger partial charge on any atom is 0.170 e. The fourth-order valence-corrected chi connectivity index (χ4v) is 2.36. The summed E-state index contributed by atoms with van der Waals surface area (Å²) in [5.74, 6) is 1.82. The highest BCUT2D eigenvalue weighted by Crippen LogP contribution is 2.21. The van der Waals surface area contributed by atoms with Gasteiger partial charge in [-0.05, 0) is 43.1 Å². The second kappa shape index (κ2) is 6.00. The maximum atomic E-state index is 5.05. The van der Waals surface area contributed by atoms with E-state index in [2.05, 4.69) is 33.5 Å². The fourth-order valence-electron chi connectivity index (χ4n) is 2.24. The summed E-state index contributed by atoms with van der Waals surface area (Å²) in [6.07, 6.45) is 4.41. The number of hydrogen-bond acceptors (Lipinski definition) is 3. The van der Waals surface area contributed by atoms with Crippen LogP contribution in [0.5, 0.6) is 0 Å². The van der Waals surface area contributed by atoms with Gasteiger partial charge in [0.25, 0.3) is 0 Å². The molecule has 0 bridgehead atoms. The summed E-state index contributed by atoms with van der Waals surface area (Å²) in [4.78, 5) is 6.86. The number of piperidine rings is 1. The third kappa shape index (κ3) is 3.32. The molecule has 0 amide bonds. The molecule has 1 aliphatic heterocycles. The first kappa shape index (κ1) is 13.1. The zero-order valence-corrected chi connectivity index (χ0v) is 11.8. The number of nitrogens with zero attached hydrogens (tertiary/aromatic N) is 2. The van der Waals surface area contributed by atoms with Crippen LogP contribution in [-0.4, -0.2) is 30.2 Å². The normalized spacial score (nSPS) is 19.4. The minimum absolute atomic E-state index is 0.608. The molecule has 18 heavy (non-hydrogen) atoms. The van der Waals surface area contributed by atoms with Crippen LogP contribution in [0.3, 0.4) is 0 Å². The molecule has 4 nitrogen and oxygen atoms in total. The average Bonchev–Trinajstić information content (AvgIpc) is 2.39. The topological polar surface area (TPSA) is 40.2 Å². The molecule has 1 saturated heterocycles. The molecule has 1 aliphatic rings. The zero-order valence-electron chi connectivity index (χ0n) is 10.9. The molecule has 0 radical (unpaired) electrons. The van der Waals surface area contributed by atoms with Gasteiger partial charge in [-0.1, -0.05) is 6.92 Å². The van der Waals surface area contributed by atoms with Crippen molar-refractivity contribution in [3.8, 4) is 0 Å². The number of nitrogens with one attached hydrogen (secondary N) is 2. The highest BCUT2D eigenvalue weighted by molar-refractivity contribution is 7.80. The largest absolute Gasteiger partial charge is 0.366 e. The summed E-state index contributed by atoms with van der Waals surface area (Å²) in [6.45, 7) is 4.52. The number of rotatable bonds is 2. The minimum Gasteiger partial charge on any atom is -0.366 e. The van der Waals surface area contributed by atoms with E-state index in [-0.39, 0.29) is 0 Å². The quantitative estimate of drug-likeness (QED) is 0.802. The molecule has 0 aliphatic carbocycles. The lowest BCUT2D eigenvalue weighted by Crippen LogP contribution is -2.34. The monoisotopic (exact) mass is 264 g/mol. The van der Waals surface area contributed by atoms with Gasteiger partial charge in [-0.3, -0.25) is 0 Å². The summed E-state index contributed by atoms with van der Waals surface area (Å²) in [6, 6.07) is 4.07. The molecule has 2 N–H and O–H groups in total. The highest BCUT2D eigenvalue weighted by Gasteiger charge is 2.17. The van der Waals surface area contributed by atoms with E-state index in [0.29, 0.717) is 5.11 Å². The van der Waals surface area contributed by atoms with Gasteiger partial charge in [-0.25, -0.2) is 4.98 Å². The van der Waals surface area contributed by atoms with Crippen LogP contribution in [0, 0.1) is 5.92 Å². The van der Waals surface area contributed by atoms with Gasteiger partial charge in [0.1, 0.15) is 5.82 Å². The van der Waals surface area contributed by atoms with Crippen molar-refractivity contribution in [3.63, 3.8) is 0 Å². The predicted molar refractivity (Wildman–Crippen MR) is 80.1 cm³/mol. The van der Waals surface area contributed by atoms with Crippen molar-refractivity contribution >= 4 is 28.8 Å². The number of thiocarbonyl (C=S) groups is 1. The van der Waals surface area contributed by atoms with Crippen LogP contribution < -0.4 is 15.5 Å². The molecular formula is C13H20N4S. The maximum absolute atomic E-state index is 5.05. The van der Waals surface area contributed by atoms with E-state index >= 15 is 0 Å². The third-order valence-electron chi connectivity index (χ3n) is 3.21. The number of anilines is 2. The second-order valence-electron chi connectivity index (χ2n) is 4.80. The van der Waals surface area contributed by atoms with E-state index < -0.39 is 0 Å². The lowest BCUT2D eigenvalue weighted by molar-refractivity contribution is 0.444. The Morgan fingerprint density at radius 1 is 1.50 bits per heavy atom. The van der Waals surface area contributed by atoms with E-state index in [1.54, 1.807) is 7.05 Å². The van der Waals surface area contributed by atoms with Crippen LogP contribution >= 0.6 is 12.2 Å². The minimum atomic E-state index is 0.608. The van der Waals surface area contributed by atoms with Crippen molar-refractivity contribution in [2.75, 3.05) is 30.4 Å². The van der Waals surface area contributed by atoms with Crippen LogP contribution in [0.2, 0.25) is 0 Å². The summed E-state index contributed by atoms with van der Waals surface area (Å²) in [5, 5.41) is 6.56. The Morgan fingerprint density at radius 3 is 2.94 bits per heavy atom. The molecule has 1 aromatic heterocycles. The van der Waals surface area contributed by atoms with Crippen molar-refractivity contribution in [2.24, 2.45) is 5.92 Å². The lowest BCUT2D eigenvalue weighted by Gasteiger charge is -2.31. The Labute approximate surface area is 114 Å². The van der Waals surface area contributed by atoms with Gasteiger partial charge in [-0.2, -0.15) is 0 Å². The highest BCUT2D eigenvalue weighted by atomic mass is 32.1. The summed E-state index contributed by atoms with van der Waals surface area (Å²) in [7, 11) is 1.80. The van der Waals surface area contributed by atoms with Crippen molar-refractivity contribution in [2.45, 2.75) is 19.8 Å². The molecule has 5 heteroatoms. The summed E-state index contributed by atoms with van der Waals surface area (Å²) >= 11 is 5.05. The van der Waals surface area contributed by atoms with Crippen LogP contribution in [-0.2, 0) is 0 Å². The van der Waals surface area contributed by atoms with Crippen molar-refractivity contribution < 1.29 is 0 Å². The van der Waals surface area contributed by atoms with Gasteiger partial charge < -0.3 is 15.5 Å². The standard InChI is InChI=1S/C13H20N4S/c1-10-4-3-7-17(9-10)12-6-5-11(8-15-12)16-13(18)14-2/h5-6,8,10H,3-4,7,9H2,1-2H3,(H2,14,16,18)/t10-/m0/s1. The van der Waals surface area contributed by atoms with Gasteiger partial charge >= 0.3 is 0 Å². The third-order valence-corrected chi connectivity index (χ3v) is 3.52. The molecule has 1 fully saturated rings. The van der Waals surface area contributed by atoms with Gasteiger partial charge in [0.2, 0.25) is 0 Å². The number of aromatic nitrogens is 1. The first-order valence-corrected chi connectivity index (χ1v) is 6.79. The van der Waals surface area contributed by atoms with Crippen LogP contribution in [0.25, 0.3) is 0 Å². The summed E-state index contributed by atoms with van der Waals surface area (Å²) in [5.41, 5.74) is 0.920. The Balaban J connectivity index is 2.00.